The van der Waals surface area contributed by atoms with Crippen LogP contribution in [0.3, 0.4) is 0 Å². The van der Waals surface area contributed by atoms with E-state index >= 15 is 0 Å². The molecule has 0 aliphatic heterocycles. The van der Waals surface area contributed by atoms with Crippen molar-refractivity contribution in [3.63, 3.8) is 0 Å². The zero-order chi connectivity index (χ0) is 21.3. The summed E-state index contributed by atoms with van der Waals surface area (Å²) < 4.78 is 2.76. The Balaban J connectivity index is 1.66. The summed E-state index contributed by atoms with van der Waals surface area (Å²) in [6.07, 6.45) is 0.930. The van der Waals surface area contributed by atoms with Crippen LogP contribution in [0.4, 0.5) is 11.4 Å². The molecule has 0 amide bonds. The Morgan fingerprint density at radius 2 is 1.80 bits per heavy atom. The number of phenols is 1. The van der Waals surface area contributed by atoms with Crippen LogP contribution >= 0.6 is 11.5 Å². The van der Waals surface area contributed by atoms with Gasteiger partial charge in [0.25, 0.3) is 5.56 Å². The molecule has 1 heterocycles. The fourth-order valence-corrected chi connectivity index (χ4v) is 4.48. The lowest BCUT2D eigenvalue weighted by Crippen LogP contribution is -2.18. The Morgan fingerprint density at radius 3 is 2.57 bits per heavy atom. The van der Waals surface area contributed by atoms with Crippen molar-refractivity contribution in [3.05, 3.63) is 64.4 Å². The molecule has 6 nitrogen and oxygen atoms in total. The van der Waals surface area contributed by atoms with Gasteiger partial charge in [0.1, 0.15) is 5.75 Å². The second-order valence-corrected chi connectivity index (χ2v) is 8.71. The second kappa shape index (κ2) is 8.38. The number of hydrogen-bond acceptors (Lipinski definition) is 6. The molecule has 0 radical (unpaired) electrons. The molecule has 0 saturated heterocycles. The van der Waals surface area contributed by atoms with E-state index in [-0.39, 0.29) is 11.3 Å². The van der Waals surface area contributed by atoms with Gasteiger partial charge in [-0.25, -0.2) is 0 Å². The van der Waals surface area contributed by atoms with Crippen LogP contribution in [-0.4, -0.2) is 34.6 Å². The van der Waals surface area contributed by atoms with Crippen molar-refractivity contribution in [2.24, 2.45) is 10.2 Å². The Bertz CT molecular complexity index is 1300. The van der Waals surface area contributed by atoms with Crippen molar-refractivity contribution in [1.29, 1.82) is 0 Å². The average molecular weight is 421 g/mol. The number of fused-ring (bicyclic) bond motifs is 2. The molecule has 154 valence electrons. The number of aromatic nitrogens is 1. The van der Waals surface area contributed by atoms with Crippen LogP contribution < -0.4 is 5.56 Å². The van der Waals surface area contributed by atoms with E-state index < -0.39 is 0 Å². The summed E-state index contributed by atoms with van der Waals surface area (Å²) in [7, 11) is 4.06. The number of benzene rings is 3. The lowest BCUT2D eigenvalue weighted by molar-refractivity contribution is 0.389. The fourth-order valence-electron chi connectivity index (χ4n) is 3.47. The Kier molecular flexibility index (Phi) is 5.65. The molecule has 0 spiro atoms. The van der Waals surface area contributed by atoms with Crippen molar-refractivity contribution in [3.8, 4) is 5.75 Å². The van der Waals surface area contributed by atoms with Gasteiger partial charge < -0.3 is 10.0 Å². The average Bonchev–Trinajstić information content (AvgIpc) is 3.04. The summed E-state index contributed by atoms with van der Waals surface area (Å²) in [5, 5.41) is 21.4. The molecule has 30 heavy (non-hydrogen) atoms. The molecule has 0 atom stereocenters. The van der Waals surface area contributed by atoms with E-state index in [9.17, 15) is 9.90 Å². The monoisotopic (exact) mass is 420 g/mol. The zero-order valence-corrected chi connectivity index (χ0v) is 18.1. The first-order valence-corrected chi connectivity index (χ1v) is 10.6. The van der Waals surface area contributed by atoms with Crippen molar-refractivity contribution in [1.82, 2.24) is 8.86 Å². The van der Waals surface area contributed by atoms with Crippen molar-refractivity contribution in [2.75, 3.05) is 20.6 Å². The molecule has 0 aliphatic carbocycles. The lowest BCUT2D eigenvalue weighted by Gasteiger charge is -2.08. The van der Waals surface area contributed by atoms with Gasteiger partial charge in [0.2, 0.25) is 0 Å². The number of aryl methyl sites for hydroxylation is 2. The Morgan fingerprint density at radius 1 is 1.03 bits per heavy atom. The summed E-state index contributed by atoms with van der Waals surface area (Å²) in [6, 6.07) is 15.0. The number of hydrogen-bond donors (Lipinski definition) is 1. The molecule has 0 bridgehead atoms. The molecular formula is C23H24N4O2S. The molecule has 4 aromatic rings. The van der Waals surface area contributed by atoms with E-state index in [4.69, 9.17) is 0 Å². The zero-order valence-electron chi connectivity index (χ0n) is 17.3. The largest absolute Gasteiger partial charge is 0.507 e. The van der Waals surface area contributed by atoms with Crippen LogP contribution in [0.15, 0.2) is 63.6 Å². The van der Waals surface area contributed by atoms with Crippen LogP contribution in [-0.2, 0) is 6.54 Å². The van der Waals surface area contributed by atoms with Gasteiger partial charge >= 0.3 is 0 Å². The van der Waals surface area contributed by atoms with Crippen LogP contribution in [0.1, 0.15) is 12.0 Å². The smallest absolute Gasteiger partial charge is 0.268 e. The maximum Gasteiger partial charge on any atom is 0.268 e. The van der Waals surface area contributed by atoms with Crippen molar-refractivity contribution in [2.45, 2.75) is 19.9 Å². The van der Waals surface area contributed by atoms with Gasteiger partial charge in [-0.05, 0) is 63.8 Å². The topological polar surface area (TPSA) is 70.2 Å². The SMILES string of the molecule is Cc1cc(N=Nc2ccc3sn(CCCN(C)C)c(=O)c3c2)c2ccccc2c1O. The standard InChI is InChI=1S/C23H24N4O2S/c1-15-13-20(17-7-4-5-8-18(17)22(15)28)25-24-16-9-10-21-19(14-16)23(29)27(30-21)12-6-11-26(2)3/h4-5,7-10,13-14,28H,6,11-12H2,1-3H3. The van der Waals surface area contributed by atoms with Gasteiger partial charge in [-0.2, -0.15) is 5.11 Å². The minimum atomic E-state index is 0.0248. The predicted octanol–water partition coefficient (Wildman–Crippen LogP) is 5.60. The van der Waals surface area contributed by atoms with E-state index in [0.29, 0.717) is 23.3 Å². The first kappa shape index (κ1) is 20.3. The molecule has 0 aliphatic rings. The van der Waals surface area contributed by atoms with E-state index in [1.54, 1.807) is 6.07 Å². The van der Waals surface area contributed by atoms with Crippen LogP contribution in [0.25, 0.3) is 20.9 Å². The number of nitrogens with zero attached hydrogens (tertiary/aromatic N) is 4. The van der Waals surface area contributed by atoms with Crippen LogP contribution in [0.5, 0.6) is 5.75 Å². The van der Waals surface area contributed by atoms with Crippen LogP contribution in [0, 0.1) is 6.92 Å². The summed E-state index contributed by atoms with van der Waals surface area (Å²) in [6.45, 7) is 3.50. The predicted molar refractivity (Wildman–Crippen MR) is 124 cm³/mol. The first-order chi connectivity index (χ1) is 14.4. The molecule has 1 N–H and O–H groups in total. The maximum absolute atomic E-state index is 12.7. The fraction of sp³-hybridized carbons (Fsp3) is 0.261. The summed E-state index contributed by atoms with van der Waals surface area (Å²) in [5.74, 6) is 0.263. The second-order valence-electron chi connectivity index (χ2n) is 7.64. The molecule has 0 saturated carbocycles. The summed E-state index contributed by atoms with van der Waals surface area (Å²) in [5.41, 5.74) is 2.09. The third-order valence-electron chi connectivity index (χ3n) is 5.05. The Hall–Kier alpha value is -3.03. The molecule has 3 aromatic carbocycles. The highest BCUT2D eigenvalue weighted by molar-refractivity contribution is 7.13. The van der Waals surface area contributed by atoms with Gasteiger partial charge in [-0.15, -0.1) is 5.11 Å². The molecule has 1 aromatic heterocycles. The third kappa shape index (κ3) is 3.99. The molecule has 4 rings (SSSR count). The highest BCUT2D eigenvalue weighted by Crippen LogP contribution is 2.36. The van der Waals surface area contributed by atoms with E-state index in [1.807, 2.05) is 67.4 Å². The molecular weight excluding hydrogens is 396 g/mol. The number of azo groups is 1. The molecule has 0 fully saturated rings. The van der Waals surface area contributed by atoms with Gasteiger partial charge in [0.05, 0.1) is 21.5 Å². The lowest BCUT2D eigenvalue weighted by atomic mass is 10.0. The number of phenolic OH excluding ortho intramolecular Hbond substituents is 1. The van der Waals surface area contributed by atoms with Gasteiger partial charge in [0, 0.05) is 17.3 Å². The first-order valence-electron chi connectivity index (χ1n) is 9.85. The minimum Gasteiger partial charge on any atom is -0.507 e. The van der Waals surface area contributed by atoms with Gasteiger partial charge in [-0.3, -0.25) is 8.75 Å². The Labute approximate surface area is 178 Å². The summed E-state index contributed by atoms with van der Waals surface area (Å²) >= 11 is 1.49. The van der Waals surface area contributed by atoms with Crippen LogP contribution in [0.2, 0.25) is 0 Å². The highest BCUT2D eigenvalue weighted by atomic mass is 32.1. The van der Waals surface area contributed by atoms with Crippen molar-refractivity contribution < 1.29 is 5.11 Å². The highest BCUT2D eigenvalue weighted by Gasteiger charge is 2.10. The van der Waals surface area contributed by atoms with E-state index in [0.717, 1.165) is 34.0 Å². The molecule has 7 heteroatoms. The normalized spacial score (nSPS) is 12.0. The molecule has 0 unspecified atom stereocenters. The minimum absolute atomic E-state index is 0.0248. The van der Waals surface area contributed by atoms with Gasteiger partial charge in [0.15, 0.2) is 0 Å². The van der Waals surface area contributed by atoms with E-state index in [1.165, 1.54) is 11.5 Å². The van der Waals surface area contributed by atoms with E-state index in [2.05, 4.69) is 15.1 Å². The summed E-state index contributed by atoms with van der Waals surface area (Å²) in [4.78, 5) is 14.9. The number of rotatable bonds is 6. The quantitative estimate of drug-likeness (QED) is 0.413. The third-order valence-corrected chi connectivity index (χ3v) is 6.17. The van der Waals surface area contributed by atoms with Crippen molar-refractivity contribution >= 4 is 43.8 Å². The number of aromatic hydroxyl groups is 1. The maximum atomic E-state index is 12.7. The van der Waals surface area contributed by atoms with Gasteiger partial charge in [-0.1, -0.05) is 35.8 Å².